The molecule has 0 spiro atoms. The summed E-state index contributed by atoms with van der Waals surface area (Å²) in [6.07, 6.45) is 94.0. The summed E-state index contributed by atoms with van der Waals surface area (Å²) in [7, 11) is 0. The number of hydrogen-bond donors (Lipinski definition) is 3. The average Bonchev–Trinajstić information content (AvgIpc) is 3.42. The minimum absolute atomic E-state index is 0.0698. The van der Waals surface area contributed by atoms with Crippen molar-refractivity contribution in [1.82, 2.24) is 5.32 Å². The molecule has 0 bridgehead atoms. The van der Waals surface area contributed by atoms with Gasteiger partial charge in [0.2, 0.25) is 5.91 Å². The van der Waals surface area contributed by atoms with Crippen LogP contribution < -0.4 is 5.32 Å². The second kappa shape index (κ2) is 67.9. The summed E-state index contributed by atoms with van der Waals surface area (Å²) in [5.74, 6) is -0.0698. The maximum atomic E-state index is 12.5. The number of carbonyl (C=O) groups is 1. The Morgan fingerprint density at radius 3 is 0.763 bits per heavy atom. The van der Waals surface area contributed by atoms with E-state index in [0.717, 1.165) is 38.5 Å². The van der Waals surface area contributed by atoms with Gasteiger partial charge in [0, 0.05) is 6.42 Å². The van der Waals surface area contributed by atoms with Crippen LogP contribution in [0, 0.1) is 0 Å². The largest absolute Gasteiger partial charge is 0.394 e. The van der Waals surface area contributed by atoms with Crippen molar-refractivity contribution in [2.24, 2.45) is 0 Å². The topological polar surface area (TPSA) is 69.6 Å². The summed E-state index contributed by atoms with van der Waals surface area (Å²) in [5, 5.41) is 23.2. The van der Waals surface area contributed by atoms with Gasteiger partial charge in [0.05, 0.1) is 18.8 Å². The summed E-state index contributed by atoms with van der Waals surface area (Å²) < 4.78 is 0. The predicted molar refractivity (Wildman–Crippen MR) is 341 cm³/mol. The molecule has 1 amide bonds. The van der Waals surface area contributed by atoms with Crippen molar-refractivity contribution < 1.29 is 15.0 Å². The Morgan fingerprint density at radius 1 is 0.303 bits per heavy atom. The van der Waals surface area contributed by atoms with Crippen molar-refractivity contribution in [3.05, 3.63) is 36.5 Å². The number of carbonyl (C=O) groups excluding carboxylic acids is 1. The molecule has 4 heteroatoms. The van der Waals surface area contributed by atoms with Gasteiger partial charge in [-0.2, -0.15) is 0 Å². The minimum atomic E-state index is -0.870. The van der Waals surface area contributed by atoms with Crippen molar-refractivity contribution in [3.8, 4) is 0 Å². The van der Waals surface area contributed by atoms with Crippen LogP contribution in [-0.4, -0.2) is 34.9 Å². The van der Waals surface area contributed by atoms with Gasteiger partial charge in [0.15, 0.2) is 0 Å². The van der Waals surface area contributed by atoms with E-state index in [-0.39, 0.29) is 12.5 Å². The number of aliphatic hydroxyl groups is 2. The van der Waals surface area contributed by atoms with Gasteiger partial charge in [-0.25, -0.2) is 0 Å². The fraction of sp³-hybridized carbons (Fsp3) is 0.903. The first-order valence-electron chi connectivity index (χ1n) is 35.2. The molecular formula is C72H139NO3. The second-order valence-corrected chi connectivity index (χ2v) is 24.3. The third-order valence-electron chi connectivity index (χ3n) is 16.6. The summed E-state index contributed by atoms with van der Waals surface area (Å²) >= 11 is 0. The molecule has 0 aliphatic carbocycles. The Hall–Kier alpha value is -1.39. The lowest BCUT2D eigenvalue weighted by Crippen LogP contribution is -2.45. The van der Waals surface area contributed by atoms with Crippen LogP contribution in [0.25, 0.3) is 0 Å². The first-order chi connectivity index (χ1) is 37.7. The van der Waals surface area contributed by atoms with Crippen LogP contribution in [0.15, 0.2) is 36.5 Å². The van der Waals surface area contributed by atoms with Gasteiger partial charge in [0.25, 0.3) is 0 Å². The molecule has 0 aliphatic heterocycles. The Balaban J connectivity index is 3.40. The Labute approximate surface area is 478 Å². The summed E-state index contributed by atoms with van der Waals surface area (Å²) in [4.78, 5) is 12.5. The molecule has 4 nitrogen and oxygen atoms in total. The van der Waals surface area contributed by atoms with Crippen molar-refractivity contribution >= 4 is 5.91 Å². The first kappa shape index (κ1) is 74.6. The molecule has 0 radical (unpaired) electrons. The summed E-state index contributed by atoms with van der Waals surface area (Å²) in [5.41, 5.74) is 0. The van der Waals surface area contributed by atoms with Gasteiger partial charge < -0.3 is 15.5 Å². The maximum Gasteiger partial charge on any atom is 0.220 e. The van der Waals surface area contributed by atoms with E-state index >= 15 is 0 Å². The molecule has 2 atom stereocenters. The van der Waals surface area contributed by atoms with Gasteiger partial charge >= 0.3 is 0 Å². The van der Waals surface area contributed by atoms with Gasteiger partial charge in [-0.15, -0.1) is 0 Å². The van der Waals surface area contributed by atoms with Crippen molar-refractivity contribution in [3.63, 3.8) is 0 Å². The minimum Gasteiger partial charge on any atom is -0.394 e. The van der Waals surface area contributed by atoms with Crippen LogP contribution in [0.4, 0.5) is 0 Å². The van der Waals surface area contributed by atoms with Crippen LogP contribution in [0.1, 0.15) is 399 Å². The summed E-state index contributed by atoms with van der Waals surface area (Å²) in [6, 6.07) is -0.645. The van der Waals surface area contributed by atoms with E-state index in [1.54, 1.807) is 6.08 Å². The number of rotatable bonds is 66. The quantitative estimate of drug-likeness (QED) is 0.0420. The molecule has 0 saturated heterocycles. The molecule has 0 aromatic heterocycles. The van der Waals surface area contributed by atoms with Crippen molar-refractivity contribution in [2.45, 2.75) is 411 Å². The van der Waals surface area contributed by atoms with E-state index in [9.17, 15) is 15.0 Å². The van der Waals surface area contributed by atoms with E-state index in [2.05, 4.69) is 43.5 Å². The van der Waals surface area contributed by atoms with Gasteiger partial charge in [-0.3, -0.25) is 4.79 Å². The fourth-order valence-corrected chi connectivity index (χ4v) is 11.3. The maximum absolute atomic E-state index is 12.5. The lowest BCUT2D eigenvalue weighted by Gasteiger charge is -2.19. The van der Waals surface area contributed by atoms with E-state index in [1.807, 2.05) is 6.08 Å². The molecule has 0 heterocycles. The number of hydrogen-bond acceptors (Lipinski definition) is 3. The lowest BCUT2D eigenvalue weighted by atomic mass is 10.0. The van der Waals surface area contributed by atoms with Gasteiger partial charge in [0.1, 0.15) is 0 Å². The zero-order chi connectivity index (χ0) is 54.8. The SMILES string of the molecule is CCCCCCCCCCCCCCC/C=C/CC/C=C/CC/C=C/C(O)C(CO)NC(=O)CCCCCCCCCCCCCCCCCCCCCCCCCCCCCCCCCCCCCCCCCCC. The number of allylic oxidation sites excluding steroid dienone is 5. The lowest BCUT2D eigenvalue weighted by molar-refractivity contribution is -0.123. The van der Waals surface area contributed by atoms with E-state index < -0.39 is 12.1 Å². The molecule has 0 rings (SSSR count). The molecule has 450 valence electrons. The number of nitrogens with one attached hydrogen (secondary N) is 1. The van der Waals surface area contributed by atoms with Crippen LogP contribution in [0.2, 0.25) is 0 Å². The zero-order valence-electron chi connectivity index (χ0n) is 52.1. The molecule has 0 saturated carbocycles. The molecular weight excluding hydrogens is 927 g/mol. The standard InChI is InChI=1S/C72H139NO3/c1-3-5-7-9-11-13-15-17-19-21-23-25-27-28-29-30-31-32-33-34-35-36-37-38-39-40-41-42-43-44-46-48-50-52-54-56-58-60-62-64-66-68-72(76)73-70(69-74)71(75)67-65-63-61-59-57-55-53-51-49-47-45-26-24-22-20-18-16-14-12-10-8-6-4-2/h49,51,57,59,65,67,70-71,74-75H,3-48,50,52-56,58,60-64,66,68-69H2,1-2H3,(H,73,76)/b51-49+,59-57+,67-65+. The Kier molecular flexibility index (Phi) is 66.6. The smallest absolute Gasteiger partial charge is 0.220 e. The van der Waals surface area contributed by atoms with E-state index in [1.165, 1.54) is 340 Å². The highest BCUT2D eigenvalue weighted by atomic mass is 16.3. The third-order valence-corrected chi connectivity index (χ3v) is 16.6. The molecule has 0 aliphatic rings. The molecule has 76 heavy (non-hydrogen) atoms. The molecule has 3 N–H and O–H groups in total. The monoisotopic (exact) mass is 1070 g/mol. The number of unbranched alkanes of at least 4 members (excludes halogenated alkanes) is 55. The summed E-state index contributed by atoms with van der Waals surface area (Å²) in [6.45, 7) is 4.34. The second-order valence-electron chi connectivity index (χ2n) is 24.3. The first-order valence-corrected chi connectivity index (χ1v) is 35.2. The predicted octanol–water partition coefficient (Wildman–Crippen LogP) is 23.9. The zero-order valence-corrected chi connectivity index (χ0v) is 52.1. The van der Waals surface area contributed by atoms with Crippen LogP contribution in [0.5, 0.6) is 0 Å². The molecule has 2 unspecified atom stereocenters. The fourth-order valence-electron chi connectivity index (χ4n) is 11.3. The van der Waals surface area contributed by atoms with Gasteiger partial charge in [-0.05, 0) is 44.9 Å². The van der Waals surface area contributed by atoms with E-state index in [0.29, 0.717) is 6.42 Å². The number of amides is 1. The third kappa shape index (κ3) is 63.4. The van der Waals surface area contributed by atoms with Crippen molar-refractivity contribution in [1.29, 1.82) is 0 Å². The Bertz CT molecular complexity index is 1160. The van der Waals surface area contributed by atoms with Crippen LogP contribution in [0.3, 0.4) is 0 Å². The van der Waals surface area contributed by atoms with Gasteiger partial charge in [-0.1, -0.05) is 384 Å². The highest BCUT2D eigenvalue weighted by molar-refractivity contribution is 5.76. The highest BCUT2D eigenvalue weighted by Gasteiger charge is 2.18. The molecule has 0 aromatic carbocycles. The number of aliphatic hydroxyl groups excluding tert-OH is 2. The van der Waals surface area contributed by atoms with Crippen LogP contribution >= 0.6 is 0 Å². The van der Waals surface area contributed by atoms with Crippen LogP contribution in [-0.2, 0) is 4.79 Å². The average molecular weight is 1070 g/mol. The molecule has 0 fully saturated rings. The van der Waals surface area contributed by atoms with Crippen molar-refractivity contribution in [2.75, 3.05) is 6.61 Å². The Morgan fingerprint density at radius 2 is 0.513 bits per heavy atom. The molecule has 0 aromatic rings. The van der Waals surface area contributed by atoms with E-state index in [4.69, 9.17) is 0 Å². The normalized spacial score (nSPS) is 12.8. The highest BCUT2D eigenvalue weighted by Crippen LogP contribution is 2.19.